The minimum atomic E-state index is -0.658. The summed E-state index contributed by atoms with van der Waals surface area (Å²) in [5.74, 6) is -0.0474. The Bertz CT molecular complexity index is 861. The zero-order valence-electron chi connectivity index (χ0n) is 12.8. The summed E-state index contributed by atoms with van der Waals surface area (Å²) in [6.45, 7) is -0.288. The van der Waals surface area contributed by atoms with Crippen molar-refractivity contribution in [2.75, 3.05) is 13.4 Å². The van der Waals surface area contributed by atoms with Gasteiger partial charge in [0.05, 0.1) is 10.0 Å². The number of carbonyl (C=O) groups excluding carboxylic acids is 2. The van der Waals surface area contributed by atoms with Gasteiger partial charge in [0.15, 0.2) is 18.1 Å². The van der Waals surface area contributed by atoms with Crippen molar-refractivity contribution in [3.63, 3.8) is 0 Å². The second-order valence-corrected chi connectivity index (χ2v) is 5.89. The maximum Gasteiger partial charge on any atom is 0.331 e. The van der Waals surface area contributed by atoms with Gasteiger partial charge in [-0.15, -0.1) is 0 Å². The van der Waals surface area contributed by atoms with Crippen molar-refractivity contribution < 1.29 is 23.8 Å². The molecule has 1 aliphatic heterocycles. The predicted octanol–water partition coefficient (Wildman–Crippen LogP) is 4.16. The Hall–Kier alpha value is -2.50. The molecule has 0 fully saturated rings. The number of esters is 1. The van der Waals surface area contributed by atoms with E-state index in [1.807, 2.05) is 0 Å². The summed E-state index contributed by atoms with van der Waals surface area (Å²) in [4.78, 5) is 23.8. The Balaban J connectivity index is 1.59. The molecule has 2 aromatic carbocycles. The lowest BCUT2D eigenvalue weighted by atomic mass is 10.1. The molecule has 0 amide bonds. The minimum Gasteiger partial charge on any atom is -0.454 e. The summed E-state index contributed by atoms with van der Waals surface area (Å²) in [5, 5.41) is 0.700. The third-order valence-corrected chi connectivity index (χ3v) is 3.99. The van der Waals surface area contributed by atoms with Crippen molar-refractivity contribution in [3.05, 3.63) is 63.6 Å². The maximum atomic E-state index is 12.0. The fraction of sp³-hybridized carbons (Fsp3) is 0.111. The third-order valence-electron chi connectivity index (χ3n) is 3.38. The highest BCUT2D eigenvalue weighted by Crippen LogP contribution is 2.40. The van der Waals surface area contributed by atoms with Gasteiger partial charge < -0.3 is 14.2 Å². The molecule has 0 saturated carbocycles. The van der Waals surface area contributed by atoms with Crippen molar-refractivity contribution in [2.24, 2.45) is 0 Å². The zero-order valence-corrected chi connectivity index (χ0v) is 14.3. The molecule has 0 unspecified atom stereocenters. The highest BCUT2D eigenvalue weighted by atomic mass is 35.5. The summed E-state index contributed by atoms with van der Waals surface area (Å²) in [7, 11) is 0. The van der Waals surface area contributed by atoms with E-state index in [4.69, 9.17) is 37.4 Å². The summed E-state index contributed by atoms with van der Waals surface area (Å²) >= 11 is 12.0. The molecule has 1 heterocycles. The second kappa shape index (κ2) is 7.59. The van der Waals surface area contributed by atoms with Crippen LogP contribution in [0, 0.1) is 0 Å². The van der Waals surface area contributed by atoms with Crippen LogP contribution in [0.1, 0.15) is 15.9 Å². The fourth-order valence-corrected chi connectivity index (χ4v) is 2.71. The highest BCUT2D eigenvalue weighted by molar-refractivity contribution is 6.34. The van der Waals surface area contributed by atoms with Gasteiger partial charge in [0, 0.05) is 11.6 Å². The molecule has 0 N–H and O–H groups in total. The van der Waals surface area contributed by atoms with Gasteiger partial charge >= 0.3 is 5.97 Å². The number of halogens is 2. The predicted molar refractivity (Wildman–Crippen MR) is 93.4 cm³/mol. The van der Waals surface area contributed by atoms with E-state index >= 15 is 0 Å². The maximum absolute atomic E-state index is 12.0. The van der Waals surface area contributed by atoms with Crippen LogP contribution in [0.15, 0.2) is 42.5 Å². The van der Waals surface area contributed by atoms with E-state index < -0.39 is 12.6 Å². The van der Waals surface area contributed by atoms with E-state index in [0.29, 0.717) is 32.7 Å². The third kappa shape index (κ3) is 4.13. The Kier molecular flexibility index (Phi) is 5.26. The molecule has 0 saturated heterocycles. The monoisotopic (exact) mass is 378 g/mol. The van der Waals surface area contributed by atoms with Gasteiger partial charge in [-0.25, -0.2) is 4.79 Å². The lowest BCUT2D eigenvalue weighted by molar-refractivity contribution is -0.136. The van der Waals surface area contributed by atoms with Crippen LogP contribution in [0.3, 0.4) is 0 Å². The Labute approximate surface area is 153 Å². The van der Waals surface area contributed by atoms with E-state index in [9.17, 15) is 9.59 Å². The molecule has 25 heavy (non-hydrogen) atoms. The molecule has 0 radical (unpaired) electrons. The van der Waals surface area contributed by atoms with Crippen LogP contribution >= 0.6 is 23.2 Å². The summed E-state index contributed by atoms with van der Waals surface area (Å²) in [6, 6.07) is 9.89. The topological polar surface area (TPSA) is 61.8 Å². The largest absolute Gasteiger partial charge is 0.454 e. The van der Waals surface area contributed by atoms with Crippen LogP contribution in [0.5, 0.6) is 11.5 Å². The first-order chi connectivity index (χ1) is 12.0. The van der Waals surface area contributed by atoms with Crippen LogP contribution in [-0.2, 0) is 9.53 Å². The molecule has 2 aromatic rings. The zero-order chi connectivity index (χ0) is 17.8. The number of hydrogen-bond acceptors (Lipinski definition) is 5. The first-order valence-corrected chi connectivity index (χ1v) is 8.02. The van der Waals surface area contributed by atoms with E-state index in [0.717, 1.165) is 0 Å². The average molecular weight is 379 g/mol. The summed E-state index contributed by atoms with van der Waals surface area (Å²) in [5.41, 5.74) is 0.951. The number of ketones is 1. The first kappa shape index (κ1) is 17.3. The minimum absolute atomic E-state index is 0.106. The summed E-state index contributed by atoms with van der Waals surface area (Å²) < 4.78 is 15.4. The van der Waals surface area contributed by atoms with Crippen LogP contribution in [-0.4, -0.2) is 25.2 Å². The highest BCUT2D eigenvalue weighted by Gasteiger charge is 2.17. The van der Waals surface area contributed by atoms with Gasteiger partial charge in [0.1, 0.15) is 0 Å². The van der Waals surface area contributed by atoms with Crippen LogP contribution in [0.4, 0.5) is 0 Å². The number of hydrogen-bond donors (Lipinski definition) is 0. The second-order valence-electron chi connectivity index (χ2n) is 5.08. The number of carbonyl (C=O) groups is 2. The van der Waals surface area contributed by atoms with E-state index in [2.05, 4.69) is 0 Å². The Morgan fingerprint density at radius 1 is 1.12 bits per heavy atom. The molecule has 128 valence electrons. The number of ether oxygens (including phenoxy) is 3. The Morgan fingerprint density at radius 2 is 1.92 bits per heavy atom. The van der Waals surface area contributed by atoms with Gasteiger partial charge in [-0.05, 0) is 35.9 Å². The molecule has 0 aliphatic carbocycles. The van der Waals surface area contributed by atoms with Gasteiger partial charge in [-0.1, -0.05) is 35.3 Å². The molecule has 1 aliphatic rings. The van der Waals surface area contributed by atoms with Gasteiger partial charge in [0.25, 0.3) is 0 Å². The molecular formula is C18H12Cl2O5. The number of Topliss-reactive ketones (excluding diaryl/α,β-unsaturated/α-hetero) is 1. The van der Waals surface area contributed by atoms with Crippen LogP contribution in [0.25, 0.3) is 6.08 Å². The number of rotatable bonds is 5. The SMILES string of the molecule is O=C(/C=C/c1cc(Cl)c2c(c1)OCO2)OCC(=O)c1ccccc1Cl. The first-order valence-electron chi connectivity index (χ1n) is 7.26. The van der Waals surface area contributed by atoms with E-state index in [-0.39, 0.29) is 12.6 Å². The van der Waals surface area contributed by atoms with Crippen molar-refractivity contribution >= 4 is 41.0 Å². The van der Waals surface area contributed by atoms with Gasteiger partial charge in [-0.3, -0.25) is 4.79 Å². The van der Waals surface area contributed by atoms with Crippen molar-refractivity contribution in [1.82, 2.24) is 0 Å². The normalized spacial score (nSPS) is 12.4. The molecular weight excluding hydrogens is 367 g/mol. The quantitative estimate of drug-likeness (QED) is 0.444. The van der Waals surface area contributed by atoms with E-state index in [1.165, 1.54) is 12.2 Å². The molecule has 0 aromatic heterocycles. The van der Waals surface area contributed by atoms with E-state index in [1.54, 1.807) is 36.4 Å². The van der Waals surface area contributed by atoms with Crippen LogP contribution < -0.4 is 9.47 Å². The number of fused-ring (bicyclic) bond motifs is 1. The van der Waals surface area contributed by atoms with Crippen LogP contribution in [0.2, 0.25) is 10.0 Å². The fourth-order valence-electron chi connectivity index (χ4n) is 2.20. The molecule has 3 rings (SSSR count). The standard InChI is InChI=1S/C18H12Cl2O5/c19-13-4-2-1-3-12(13)15(21)9-23-17(22)6-5-11-7-14(20)18-16(8-11)24-10-25-18/h1-8H,9-10H2/b6-5+. The van der Waals surface area contributed by atoms with Crippen molar-refractivity contribution in [1.29, 1.82) is 0 Å². The van der Waals surface area contributed by atoms with Crippen molar-refractivity contribution in [2.45, 2.75) is 0 Å². The lowest BCUT2D eigenvalue weighted by Crippen LogP contribution is -2.12. The molecule has 5 nitrogen and oxygen atoms in total. The van der Waals surface area contributed by atoms with Gasteiger partial charge in [-0.2, -0.15) is 0 Å². The van der Waals surface area contributed by atoms with Gasteiger partial charge in [0.2, 0.25) is 12.6 Å². The lowest BCUT2D eigenvalue weighted by Gasteiger charge is -2.04. The molecule has 0 atom stereocenters. The average Bonchev–Trinajstić information content (AvgIpc) is 3.07. The molecule has 0 bridgehead atoms. The Morgan fingerprint density at radius 3 is 2.72 bits per heavy atom. The molecule has 0 spiro atoms. The number of benzene rings is 2. The summed E-state index contributed by atoms with van der Waals surface area (Å²) in [6.07, 6.45) is 2.71. The molecule has 7 heteroatoms. The van der Waals surface area contributed by atoms with Crippen molar-refractivity contribution in [3.8, 4) is 11.5 Å². The smallest absolute Gasteiger partial charge is 0.331 e.